The number of aryl methyl sites for hydroxylation is 1. The molecule has 0 bridgehead atoms. The Labute approximate surface area is 168 Å². The van der Waals surface area contributed by atoms with Gasteiger partial charge in [-0.25, -0.2) is 9.18 Å². The predicted octanol–water partition coefficient (Wildman–Crippen LogP) is 5.25. The van der Waals surface area contributed by atoms with Crippen molar-refractivity contribution in [3.63, 3.8) is 0 Å². The number of rotatable bonds is 7. The lowest BCUT2D eigenvalue weighted by molar-refractivity contribution is -0.135. The number of carbonyl (C=O) groups is 2. The first kappa shape index (κ1) is 21.4. The van der Waals surface area contributed by atoms with E-state index >= 15 is 0 Å². The molecular formula is C22H22FNO3S. The second kappa shape index (κ2) is 9.90. The van der Waals surface area contributed by atoms with Crippen molar-refractivity contribution in [3.05, 3.63) is 88.1 Å². The first-order chi connectivity index (χ1) is 13.3. The number of nitrogens with one attached hydrogen (secondary N) is 1. The topological polar surface area (TPSA) is 55.4 Å². The van der Waals surface area contributed by atoms with E-state index in [2.05, 4.69) is 11.9 Å². The zero-order chi connectivity index (χ0) is 20.7. The van der Waals surface area contributed by atoms with Crippen molar-refractivity contribution < 1.29 is 18.7 Å². The second-order valence-electron chi connectivity index (χ2n) is 6.22. The SMILES string of the molecule is C=C(C)/C=C(\SCc1ccc(NC(=O)c2c(C)cccc2F)cc1)C(=O)OC. The third-order valence-corrected chi connectivity index (χ3v) is 4.89. The number of anilines is 1. The number of carbonyl (C=O) groups excluding carboxylic acids is 2. The summed E-state index contributed by atoms with van der Waals surface area (Å²) in [6.45, 7) is 7.27. The number of methoxy groups -OCH3 is 1. The molecule has 0 fully saturated rings. The van der Waals surface area contributed by atoms with Gasteiger partial charge in [-0.2, -0.15) is 0 Å². The zero-order valence-electron chi connectivity index (χ0n) is 16.0. The molecule has 0 heterocycles. The summed E-state index contributed by atoms with van der Waals surface area (Å²) >= 11 is 1.34. The van der Waals surface area contributed by atoms with Gasteiger partial charge in [0, 0.05) is 11.4 Å². The number of hydrogen-bond donors (Lipinski definition) is 1. The largest absolute Gasteiger partial charge is 0.465 e. The molecule has 0 saturated carbocycles. The monoisotopic (exact) mass is 399 g/mol. The maximum atomic E-state index is 13.9. The summed E-state index contributed by atoms with van der Waals surface area (Å²) in [6, 6.07) is 11.7. The normalized spacial score (nSPS) is 11.1. The summed E-state index contributed by atoms with van der Waals surface area (Å²) in [5, 5.41) is 2.70. The fourth-order valence-electron chi connectivity index (χ4n) is 2.44. The molecule has 2 aromatic rings. The molecule has 0 aromatic heterocycles. The number of halogens is 1. The van der Waals surface area contributed by atoms with E-state index in [1.165, 1.54) is 24.9 Å². The Balaban J connectivity index is 2.04. The van der Waals surface area contributed by atoms with Crippen molar-refractivity contribution in [2.75, 3.05) is 12.4 Å². The third-order valence-electron chi connectivity index (χ3n) is 3.82. The van der Waals surface area contributed by atoms with Gasteiger partial charge in [-0.3, -0.25) is 4.79 Å². The maximum absolute atomic E-state index is 13.9. The van der Waals surface area contributed by atoms with Crippen molar-refractivity contribution in [2.24, 2.45) is 0 Å². The molecule has 0 atom stereocenters. The van der Waals surface area contributed by atoms with Crippen LogP contribution in [0, 0.1) is 12.7 Å². The van der Waals surface area contributed by atoms with Crippen LogP contribution in [0.4, 0.5) is 10.1 Å². The van der Waals surface area contributed by atoms with Crippen LogP contribution in [0.3, 0.4) is 0 Å². The predicted molar refractivity (Wildman–Crippen MR) is 112 cm³/mol. The summed E-state index contributed by atoms with van der Waals surface area (Å²) in [4.78, 5) is 24.6. The van der Waals surface area contributed by atoms with Gasteiger partial charge in [0.15, 0.2) is 0 Å². The molecule has 2 aromatic carbocycles. The van der Waals surface area contributed by atoms with Crippen LogP contribution in [0.25, 0.3) is 0 Å². The van der Waals surface area contributed by atoms with Gasteiger partial charge < -0.3 is 10.1 Å². The molecule has 0 spiro atoms. The highest BCUT2D eigenvalue weighted by atomic mass is 32.2. The maximum Gasteiger partial charge on any atom is 0.344 e. The van der Waals surface area contributed by atoms with Gasteiger partial charge in [0.1, 0.15) is 5.82 Å². The van der Waals surface area contributed by atoms with E-state index in [0.717, 1.165) is 11.1 Å². The highest BCUT2D eigenvalue weighted by Gasteiger charge is 2.15. The van der Waals surface area contributed by atoms with E-state index in [1.54, 1.807) is 44.2 Å². The van der Waals surface area contributed by atoms with Crippen molar-refractivity contribution in [3.8, 4) is 0 Å². The molecule has 1 amide bonds. The summed E-state index contributed by atoms with van der Waals surface area (Å²) < 4.78 is 18.7. The van der Waals surface area contributed by atoms with Crippen molar-refractivity contribution >= 4 is 29.3 Å². The average Bonchev–Trinajstić information content (AvgIpc) is 2.65. The molecular weight excluding hydrogens is 377 g/mol. The van der Waals surface area contributed by atoms with Crippen LogP contribution in [0.15, 0.2) is 65.6 Å². The van der Waals surface area contributed by atoms with Gasteiger partial charge in [-0.15, -0.1) is 11.8 Å². The van der Waals surface area contributed by atoms with Crippen molar-refractivity contribution in [2.45, 2.75) is 19.6 Å². The Bertz CT molecular complexity index is 900. The molecule has 0 saturated heterocycles. The van der Waals surface area contributed by atoms with E-state index in [9.17, 15) is 14.0 Å². The molecule has 0 radical (unpaired) electrons. The number of allylic oxidation sites excluding steroid dienone is 2. The minimum Gasteiger partial charge on any atom is -0.465 e. The van der Waals surface area contributed by atoms with Crippen molar-refractivity contribution in [1.82, 2.24) is 0 Å². The molecule has 0 aliphatic heterocycles. The van der Waals surface area contributed by atoms with E-state index in [4.69, 9.17) is 4.74 Å². The van der Waals surface area contributed by atoms with Crippen LogP contribution in [0.1, 0.15) is 28.4 Å². The molecule has 0 aliphatic rings. The average molecular weight is 399 g/mol. The molecule has 28 heavy (non-hydrogen) atoms. The van der Waals surface area contributed by atoms with E-state index in [1.807, 2.05) is 12.1 Å². The van der Waals surface area contributed by atoms with E-state index < -0.39 is 17.7 Å². The summed E-state index contributed by atoms with van der Waals surface area (Å²) in [6.07, 6.45) is 1.68. The molecule has 2 rings (SSSR count). The van der Waals surface area contributed by atoms with Crippen molar-refractivity contribution in [1.29, 1.82) is 0 Å². The van der Waals surface area contributed by atoms with Crippen LogP contribution in [-0.2, 0) is 15.3 Å². The highest BCUT2D eigenvalue weighted by Crippen LogP contribution is 2.25. The minimum absolute atomic E-state index is 0.0368. The fraction of sp³-hybridized carbons (Fsp3) is 0.182. The summed E-state index contributed by atoms with van der Waals surface area (Å²) in [5.74, 6) is -0.896. The molecule has 1 N–H and O–H groups in total. The van der Waals surface area contributed by atoms with E-state index in [0.29, 0.717) is 21.9 Å². The lowest BCUT2D eigenvalue weighted by Gasteiger charge is -2.10. The van der Waals surface area contributed by atoms with Crippen LogP contribution in [-0.4, -0.2) is 19.0 Å². The number of hydrogen-bond acceptors (Lipinski definition) is 4. The number of esters is 1. The first-order valence-electron chi connectivity index (χ1n) is 8.55. The minimum atomic E-state index is -0.551. The molecule has 146 valence electrons. The molecule has 0 unspecified atom stereocenters. The Kier molecular flexibility index (Phi) is 7.58. The Hall–Kier alpha value is -2.86. The van der Waals surface area contributed by atoms with Gasteiger partial charge >= 0.3 is 5.97 Å². The Morgan fingerprint density at radius 1 is 1.21 bits per heavy atom. The van der Waals surface area contributed by atoms with Crippen LogP contribution in [0.5, 0.6) is 0 Å². The third kappa shape index (κ3) is 5.82. The Morgan fingerprint density at radius 3 is 2.46 bits per heavy atom. The van der Waals surface area contributed by atoms with Gasteiger partial charge in [-0.1, -0.05) is 36.4 Å². The van der Waals surface area contributed by atoms with Gasteiger partial charge in [0.05, 0.1) is 17.6 Å². The number of benzene rings is 2. The molecule has 6 heteroatoms. The standard InChI is InChI=1S/C22H22FNO3S/c1-14(2)12-19(22(26)27-4)28-13-16-8-10-17(11-9-16)24-21(25)20-15(3)6-5-7-18(20)23/h5-12H,1,13H2,2-4H3,(H,24,25)/b19-12-. The molecule has 0 aliphatic carbocycles. The zero-order valence-corrected chi connectivity index (χ0v) is 16.9. The smallest absolute Gasteiger partial charge is 0.344 e. The van der Waals surface area contributed by atoms with Gasteiger partial charge in [0.2, 0.25) is 0 Å². The lowest BCUT2D eigenvalue weighted by Crippen LogP contribution is -2.15. The number of ether oxygens (including phenoxy) is 1. The molecule has 4 nitrogen and oxygen atoms in total. The highest BCUT2D eigenvalue weighted by molar-refractivity contribution is 8.03. The summed E-state index contributed by atoms with van der Waals surface area (Å²) in [7, 11) is 1.34. The van der Waals surface area contributed by atoms with Crippen LogP contribution in [0.2, 0.25) is 0 Å². The second-order valence-corrected chi connectivity index (χ2v) is 7.24. The van der Waals surface area contributed by atoms with E-state index in [-0.39, 0.29) is 5.56 Å². The fourth-order valence-corrected chi connectivity index (χ4v) is 3.44. The first-order valence-corrected chi connectivity index (χ1v) is 9.54. The number of thioether (sulfide) groups is 1. The van der Waals surface area contributed by atoms with Gasteiger partial charge in [-0.05, 0) is 49.2 Å². The number of amides is 1. The Morgan fingerprint density at radius 2 is 1.89 bits per heavy atom. The lowest BCUT2D eigenvalue weighted by atomic mass is 10.1. The van der Waals surface area contributed by atoms with Crippen LogP contribution >= 0.6 is 11.8 Å². The van der Waals surface area contributed by atoms with Gasteiger partial charge in [0.25, 0.3) is 5.91 Å². The quantitative estimate of drug-likeness (QED) is 0.392. The van der Waals surface area contributed by atoms with Crippen LogP contribution < -0.4 is 5.32 Å². The summed E-state index contributed by atoms with van der Waals surface area (Å²) in [5.41, 5.74) is 2.89.